The number of rotatable bonds is 6. The van der Waals surface area contributed by atoms with E-state index in [1.807, 2.05) is 12.1 Å². The minimum atomic E-state index is 0.302. The molecular weight excluding hydrogens is 242 g/mol. The van der Waals surface area contributed by atoms with Gasteiger partial charge in [-0.3, -0.25) is 9.78 Å². The van der Waals surface area contributed by atoms with Crippen molar-refractivity contribution in [2.75, 3.05) is 0 Å². The molecule has 0 aliphatic heterocycles. The second kappa shape index (κ2) is 6.45. The number of carbonyl (C=O) groups is 1. The van der Waals surface area contributed by atoms with Crippen LogP contribution in [0.4, 0.5) is 0 Å². The zero-order chi connectivity index (χ0) is 12.8. The Morgan fingerprint density at radius 1 is 1.44 bits per heavy atom. The maximum absolute atomic E-state index is 11.8. The molecule has 18 heavy (non-hydrogen) atoms. The SMILES string of the molecule is Cc1csc(CCCC(=O)Cc2cccnc2)c1. The number of hydrogen-bond donors (Lipinski definition) is 0. The third-order valence-electron chi connectivity index (χ3n) is 2.79. The van der Waals surface area contributed by atoms with Crippen LogP contribution in [0, 0.1) is 6.92 Å². The fraction of sp³-hybridized carbons (Fsp3) is 0.333. The third-order valence-corrected chi connectivity index (χ3v) is 3.90. The summed E-state index contributed by atoms with van der Waals surface area (Å²) in [6.07, 6.45) is 6.62. The number of Topliss-reactive ketones (excluding diaryl/α,β-unsaturated/α-hetero) is 1. The van der Waals surface area contributed by atoms with Crippen LogP contribution in [0.2, 0.25) is 0 Å². The third kappa shape index (κ3) is 4.08. The van der Waals surface area contributed by atoms with Crippen molar-refractivity contribution < 1.29 is 4.79 Å². The summed E-state index contributed by atoms with van der Waals surface area (Å²) in [5, 5.41) is 2.16. The molecule has 0 bridgehead atoms. The Morgan fingerprint density at radius 3 is 3.00 bits per heavy atom. The highest BCUT2D eigenvalue weighted by Crippen LogP contribution is 2.16. The maximum atomic E-state index is 11.8. The average Bonchev–Trinajstić information content (AvgIpc) is 2.76. The Kier molecular flexibility index (Phi) is 4.65. The molecule has 2 rings (SSSR count). The number of hydrogen-bond acceptors (Lipinski definition) is 3. The van der Waals surface area contributed by atoms with Crippen molar-refractivity contribution in [1.29, 1.82) is 0 Å². The second-order valence-electron chi connectivity index (χ2n) is 4.52. The van der Waals surface area contributed by atoms with Crippen molar-refractivity contribution in [3.8, 4) is 0 Å². The van der Waals surface area contributed by atoms with Crippen molar-refractivity contribution >= 4 is 17.1 Å². The second-order valence-corrected chi connectivity index (χ2v) is 5.52. The van der Waals surface area contributed by atoms with Gasteiger partial charge >= 0.3 is 0 Å². The Balaban J connectivity index is 1.72. The summed E-state index contributed by atoms with van der Waals surface area (Å²) in [5.41, 5.74) is 2.33. The van der Waals surface area contributed by atoms with Gasteiger partial charge in [-0.25, -0.2) is 0 Å². The van der Waals surface area contributed by atoms with Gasteiger partial charge in [-0.1, -0.05) is 6.07 Å². The molecule has 0 aromatic carbocycles. The van der Waals surface area contributed by atoms with Gasteiger partial charge < -0.3 is 0 Å². The van der Waals surface area contributed by atoms with Crippen molar-refractivity contribution in [1.82, 2.24) is 4.98 Å². The zero-order valence-electron chi connectivity index (χ0n) is 10.6. The Labute approximate surface area is 112 Å². The topological polar surface area (TPSA) is 30.0 Å². The largest absolute Gasteiger partial charge is 0.299 e. The molecule has 2 aromatic heterocycles. The van der Waals surface area contributed by atoms with Gasteiger partial charge in [-0.05, 0) is 48.4 Å². The van der Waals surface area contributed by atoms with E-state index in [9.17, 15) is 4.79 Å². The highest BCUT2D eigenvalue weighted by Gasteiger charge is 2.04. The number of carbonyl (C=O) groups excluding carboxylic acids is 1. The number of ketones is 1. The first-order valence-corrected chi connectivity index (χ1v) is 7.06. The summed E-state index contributed by atoms with van der Waals surface area (Å²) in [4.78, 5) is 17.2. The number of aromatic nitrogens is 1. The predicted molar refractivity (Wildman–Crippen MR) is 74.9 cm³/mol. The molecule has 2 aromatic rings. The first-order valence-electron chi connectivity index (χ1n) is 6.18. The van der Waals surface area contributed by atoms with E-state index in [1.165, 1.54) is 10.4 Å². The lowest BCUT2D eigenvalue weighted by molar-refractivity contribution is -0.118. The van der Waals surface area contributed by atoms with Crippen molar-refractivity contribution in [2.24, 2.45) is 0 Å². The van der Waals surface area contributed by atoms with Crippen molar-refractivity contribution in [3.63, 3.8) is 0 Å². The molecule has 0 saturated carbocycles. The van der Waals surface area contributed by atoms with Gasteiger partial charge in [0, 0.05) is 30.1 Å². The summed E-state index contributed by atoms with van der Waals surface area (Å²) < 4.78 is 0. The van der Waals surface area contributed by atoms with Crippen LogP contribution in [0.25, 0.3) is 0 Å². The van der Waals surface area contributed by atoms with Gasteiger partial charge in [-0.15, -0.1) is 11.3 Å². The zero-order valence-corrected chi connectivity index (χ0v) is 11.4. The maximum Gasteiger partial charge on any atom is 0.137 e. The summed E-state index contributed by atoms with van der Waals surface area (Å²) in [7, 11) is 0. The van der Waals surface area contributed by atoms with Gasteiger partial charge in [0.15, 0.2) is 0 Å². The summed E-state index contributed by atoms with van der Waals surface area (Å²) >= 11 is 1.78. The van der Waals surface area contributed by atoms with Crippen molar-refractivity contribution in [2.45, 2.75) is 32.6 Å². The molecular formula is C15H17NOS. The number of aryl methyl sites for hydroxylation is 2. The number of nitrogens with zero attached hydrogens (tertiary/aromatic N) is 1. The highest BCUT2D eigenvalue weighted by atomic mass is 32.1. The smallest absolute Gasteiger partial charge is 0.137 e. The van der Waals surface area contributed by atoms with Crippen LogP contribution < -0.4 is 0 Å². The molecule has 0 N–H and O–H groups in total. The molecule has 0 saturated heterocycles. The van der Waals surface area contributed by atoms with Crippen LogP contribution in [0.3, 0.4) is 0 Å². The molecule has 0 aliphatic carbocycles. The van der Waals surface area contributed by atoms with E-state index in [-0.39, 0.29) is 0 Å². The lowest BCUT2D eigenvalue weighted by atomic mass is 10.1. The van der Waals surface area contributed by atoms with E-state index in [2.05, 4.69) is 23.4 Å². The van der Waals surface area contributed by atoms with E-state index in [1.54, 1.807) is 23.7 Å². The van der Waals surface area contributed by atoms with Gasteiger partial charge in [0.05, 0.1) is 0 Å². The Hall–Kier alpha value is -1.48. The fourth-order valence-electron chi connectivity index (χ4n) is 1.90. The summed E-state index contributed by atoms with van der Waals surface area (Å²) in [6.45, 7) is 2.10. The quantitative estimate of drug-likeness (QED) is 0.793. The minimum absolute atomic E-state index is 0.302. The molecule has 2 heterocycles. The minimum Gasteiger partial charge on any atom is -0.299 e. The molecule has 0 aliphatic rings. The molecule has 0 unspecified atom stereocenters. The van der Waals surface area contributed by atoms with Crippen molar-refractivity contribution in [3.05, 3.63) is 52.0 Å². The van der Waals surface area contributed by atoms with E-state index < -0.39 is 0 Å². The molecule has 0 radical (unpaired) electrons. The van der Waals surface area contributed by atoms with E-state index in [4.69, 9.17) is 0 Å². The molecule has 0 atom stereocenters. The van der Waals surface area contributed by atoms with Gasteiger partial charge in [0.2, 0.25) is 0 Å². The molecule has 3 heteroatoms. The van der Waals surface area contributed by atoms with E-state index in [0.717, 1.165) is 18.4 Å². The lowest BCUT2D eigenvalue weighted by Crippen LogP contribution is -2.03. The van der Waals surface area contributed by atoms with Crippen LogP contribution in [0.5, 0.6) is 0 Å². The number of pyridine rings is 1. The Bertz CT molecular complexity index is 504. The molecule has 2 nitrogen and oxygen atoms in total. The Morgan fingerprint density at radius 2 is 2.33 bits per heavy atom. The molecule has 0 fully saturated rings. The van der Waals surface area contributed by atoms with Gasteiger partial charge in [0.1, 0.15) is 5.78 Å². The van der Waals surface area contributed by atoms with Gasteiger partial charge in [0.25, 0.3) is 0 Å². The normalized spacial score (nSPS) is 10.5. The van der Waals surface area contributed by atoms with Crippen LogP contribution in [-0.2, 0) is 17.6 Å². The van der Waals surface area contributed by atoms with Crippen LogP contribution in [-0.4, -0.2) is 10.8 Å². The summed E-state index contributed by atoms with van der Waals surface area (Å²) in [5.74, 6) is 0.302. The first-order chi connectivity index (χ1) is 8.74. The van der Waals surface area contributed by atoms with Crippen LogP contribution in [0.15, 0.2) is 36.0 Å². The van der Waals surface area contributed by atoms with Gasteiger partial charge in [-0.2, -0.15) is 0 Å². The highest BCUT2D eigenvalue weighted by molar-refractivity contribution is 7.10. The standard InChI is InChI=1S/C15H17NOS/c1-12-8-15(18-11-12)6-2-5-14(17)9-13-4-3-7-16-10-13/h3-4,7-8,10-11H,2,5-6,9H2,1H3. The number of thiophene rings is 1. The molecule has 0 spiro atoms. The molecule has 0 amide bonds. The average molecular weight is 259 g/mol. The first kappa shape index (κ1) is 13.0. The fourth-order valence-corrected chi connectivity index (χ4v) is 2.82. The monoisotopic (exact) mass is 259 g/mol. The van der Waals surface area contributed by atoms with Crippen LogP contribution >= 0.6 is 11.3 Å². The van der Waals surface area contributed by atoms with Crippen LogP contribution in [0.1, 0.15) is 28.8 Å². The van der Waals surface area contributed by atoms with E-state index in [0.29, 0.717) is 18.6 Å². The summed E-state index contributed by atoms with van der Waals surface area (Å²) in [6, 6.07) is 6.03. The molecule has 94 valence electrons. The lowest BCUT2D eigenvalue weighted by Gasteiger charge is -2.00. The predicted octanol–water partition coefficient (Wildman–Crippen LogP) is 3.59. The van der Waals surface area contributed by atoms with E-state index >= 15 is 0 Å².